The highest BCUT2D eigenvalue weighted by Gasteiger charge is 2.37. The lowest BCUT2D eigenvalue weighted by molar-refractivity contribution is -0.0416. The Morgan fingerprint density at radius 2 is 1.91 bits per heavy atom. The normalized spacial score (nSPS) is 21.3. The highest BCUT2D eigenvalue weighted by molar-refractivity contribution is 14.1. The Morgan fingerprint density at radius 3 is 2.60 bits per heavy atom. The van der Waals surface area contributed by atoms with E-state index in [1.54, 1.807) is 18.0 Å². The largest absolute Gasteiger partial charge is 0.461 e. The molecule has 0 N–H and O–H groups in total. The molecule has 0 saturated carbocycles. The third kappa shape index (κ3) is 7.76. The van der Waals surface area contributed by atoms with Gasteiger partial charge in [-0.3, -0.25) is 4.99 Å². The first-order valence-electron chi connectivity index (χ1n) is 15.8. The number of aryl methyl sites for hydroxylation is 1. The number of carbonyl (C=O) groups is 1. The number of carbonyl (C=O) groups excluding carboxylic acids is 1. The molecule has 2 fully saturated rings. The zero-order valence-corrected chi connectivity index (χ0v) is 31.1. The van der Waals surface area contributed by atoms with Gasteiger partial charge in [-0.1, -0.05) is 29.8 Å². The quantitative estimate of drug-likeness (QED) is 0.201. The lowest BCUT2D eigenvalue weighted by Crippen LogP contribution is -2.59. The molecule has 0 aliphatic carbocycles. The van der Waals surface area contributed by atoms with Crippen molar-refractivity contribution in [1.29, 1.82) is 0 Å². The summed E-state index contributed by atoms with van der Waals surface area (Å²) in [7, 11) is 3.73. The SMILES string of the molecule is CN=C(I)c1cccc(C)c1-c1c(Cl)cc2c(N3C[C@@H](C)N(C(=O)OC(C)(C)C)C[C@@H]3C)nc(OC[C@H]3CN(C)CCO3)nc2c1F. The summed E-state index contributed by atoms with van der Waals surface area (Å²) in [4.78, 5) is 32.9. The minimum Gasteiger partial charge on any atom is -0.461 e. The Morgan fingerprint density at radius 1 is 1.17 bits per heavy atom. The van der Waals surface area contributed by atoms with Crippen LogP contribution in [0.2, 0.25) is 5.02 Å². The van der Waals surface area contributed by atoms with Crippen LogP contribution >= 0.6 is 34.2 Å². The van der Waals surface area contributed by atoms with E-state index in [1.807, 2.05) is 66.8 Å². The zero-order valence-electron chi connectivity index (χ0n) is 28.2. The van der Waals surface area contributed by atoms with Gasteiger partial charge in [-0.25, -0.2) is 9.18 Å². The van der Waals surface area contributed by atoms with Gasteiger partial charge in [0.15, 0.2) is 5.82 Å². The highest BCUT2D eigenvalue weighted by atomic mass is 127. The fourth-order valence-electron chi connectivity index (χ4n) is 6.10. The number of benzene rings is 2. The van der Waals surface area contributed by atoms with Crippen molar-refractivity contribution in [2.24, 2.45) is 4.99 Å². The first-order valence-corrected chi connectivity index (χ1v) is 17.3. The number of anilines is 1. The molecule has 2 aliphatic heterocycles. The van der Waals surface area contributed by atoms with Gasteiger partial charge < -0.3 is 28.9 Å². The molecule has 13 heteroatoms. The summed E-state index contributed by atoms with van der Waals surface area (Å²) in [5, 5.41) is 0.687. The molecule has 2 aromatic carbocycles. The summed E-state index contributed by atoms with van der Waals surface area (Å²) in [5.41, 5.74) is 2.00. The molecule has 1 aromatic heterocycles. The number of nitrogens with zero attached hydrogens (tertiary/aromatic N) is 6. The maximum atomic E-state index is 17.0. The molecular weight excluding hydrogens is 738 g/mol. The van der Waals surface area contributed by atoms with Crippen molar-refractivity contribution in [3.05, 3.63) is 46.2 Å². The van der Waals surface area contributed by atoms with Crippen LogP contribution in [0.5, 0.6) is 6.01 Å². The van der Waals surface area contributed by atoms with Crippen molar-refractivity contribution in [3.8, 4) is 17.1 Å². The third-order valence-corrected chi connectivity index (χ3v) is 9.77. The second kappa shape index (κ2) is 14.4. The molecule has 0 spiro atoms. The lowest BCUT2D eigenvalue weighted by atomic mass is 9.93. The van der Waals surface area contributed by atoms with E-state index < -0.39 is 11.4 Å². The monoisotopic (exact) mass is 780 g/mol. The van der Waals surface area contributed by atoms with Gasteiger partial charge in [-0.15, -0.1) is 0 Å². The van der Waals surface area contributed by atoms with Crippen LogP contribution in [0, 0.1) is 12.7 Å². The summed E-state index contributed by atoms with van der Waals surface area (Å²) >= 11 is 9.13. The van der Waals surface area contributed by atoms with E-state index in [2.05, 4.69) is 42.4 Å². The first kappa shape index (κ1) is 35.5. The van der Waals surface area contributed by atoms with Crippen LogP contribution in [0.1, 0.15) is 45.7 Å². The molecule has 10 nitrogen and oxygen atoms in total. The van der Waals surface area contributed by atoms with Crippen LogP contribution in [-0.4, -0.2) is 107 Å². The van der Waals surface area contributed by atoms with Gasteiger partial charge in [0.1, 0.15) is 33.4 Å². The van der Waals surface area contributed by atoms with Crippen molar-refractivity contribution in [2.45, 2.75) is 65.3 Å². The van der Waals surface area contributed by atoms with E-state index in [0.29, 0.717) is 43.0 Å². The van der Waals surface area contributed by atoms with E-state index in [0.717, 1.165) is 21.4 Å². The van der Waals surface area contributed by atoms with Gasteiger partial charge in [-0.2, -0.15) is 9.97 Å². The highest BCUT2D eigenvalue weighted by Crippen LogP contribution is 2.42. The smallest absolute Gasteiger partial charge is 0.410 e. The Kier molecular flexibility index (Phi) is 10.8. The van der Waals surface area contributed by atoms with Crippen LogP contribution in [0.15, 0.2) is 29.3 Å². The van der Waals surface area contributed by atoms with Crippen molar-refractivity contribution in [3.63, 3.8) is 0 Å². The van der Waals surface area contributed by atoms with Crippen LogP contribution in [0.3, 0.4) is 0 Å². The molecule has 1 amide bonds. The lowest BCUT2D eigenvalue weighted by Gasteiger charge is -2.45. The number of ether oxygens (including phenoxy) is 3. The van der Waals surface area contributed by atoms with Gasteiger partial charge in [0.2, 0.25) is 0 Å². The fourth-order valence-corrected chi connectivity index (χ4v) is 6.83. The predicted octanol–water partition coefficient (Wildman–Crippen LogP) is 6.75. The fraction of sp³-hybridized carbons (Fsp3) is 0.529. The number of halogens is 3. The van der Waals surface area contributed by atoms with E-state index in [4.69, 9.17) is 30.8 Å². The number of aliphatic imine (C=N–C) groups is 1. The number of hydrogen-bond acceptors (Lipinski definition) is 9. The number of hydrogen-bond donors (Lipinski definition) is 0. The van der Waals surface area contributed by atoms with Crippen molar-refractivity contribution >= 4 is 60.7 Å². The number of amides is 1. The first-order chi connectivity index (χ1) is 22.2. The average Bonchev–Trinajstić information content (AvgIpc) is 3.00. The summed E-state index contributed by atoms with van der Waals surface area (Å²) < 4.78 is 35.5. The summed E-state index contributed by atoms with van der Waals surface area (Å²) in [6.45, 7) is 14.6. The van der Waals surface area contributed by atoms with Crippen molar-refractivity contribution in [1.82, 2.24) is 19.8 Å². The Bertz CT molecular complexity index is 1680. The van der Waals surface area contributed by atoms with Gasteiger partial charge in [0.05, 0.1) is 11.6 Å². The van der Waals surface area contributed by atoms with Crippen LogP contribution in [0.25, 0.3) is 22.0 Å². The van der Waals surface area contributed by atoms with E-state index in [-0.39, 0.29) is 53.0 Å². The van der Waals surface area contributed by atoms with E-state index in [1.165, 1.54) is 0 Å². The second-order valence-corrected chi connectivity index (χ2v) is 14.8. The summed E-state index contributed by atoms with van der Waals surface area (Å²) in [6, 6.07) is 7.12. The van der Waals surface area contributed by atoms with Crippen LogP contribution in [-0.2, 0) is 9.47 Å². The minimum atomic E-state index is -0.618. The second-order valence-electron chi connectivity index (χ2n) is 13.3. The summed E-state index contributed by atoms with van der Waals surface area (Å²) in [5.74, 6) is -0.0875. The van der Waals surface area contributed by atoms with E-state index in [9.17, 15) is 4.79 Å². The van der Waals surface area contributed by atoms with Gasteiger partial charge in [0.25, 0.3) is 0 Å². The molecule has 47 heavy (non-hydrogen) atoms. The molecule has 5 rings (SSSR count). The average molecular weight is 781 g/mol. The molecule has 0 bridgehead atoms. The molecule has 0 unspecified atom stereocenters. The summed E-state index contributed by atoms with van der Waals surface area (Å²) in [6.07, 6.45) is -0.549. The Labute approximate surface area is 294 Å². The number of likely N-dealkylation sites (N-methyl/N-ethyl adjacent to an activating group) is 1. The van der Waals surface area contributed by atoms with Crippen molar-refractivity contribution < 1.29 is 23.4 Å². The number of fused-ring (bicyclic) bond motifs is 1. The maximum absolute atomic E-state index is 17.0. The molecule has 3 atom stereocenters. The molecule has 3 aromatic rings. The molecule has 0 radical (unpaired) electrons. The Hall–Kier alpha value is -2.81. The predicted molar refractivity (Wildman–Crippen MR) is 193 cm³/mol. The molecule has 254 valence electrons. The molecule has 3 heterocycles. The van der Waals surface area contributed by atoms with E-state index >= 15 is 4.39 Å². The van der Waals surface area contributed by atoms with Crippen LogP contribution < -0.4 is 9.64 Å². The zero-order chi connectivity index (χ0) is 34.2. The van der Waals surface area contributed by atoms with Gasteiger partial charge in [-0.05, 0) is 88.4 Å². The minimum absolute atomic E-state index is 0.0423. The third-order valence-electron chi connectivity index (χ3n) is 8.41. The molecule has 2 aliphatic rings. The topological polar surface area (TPSA) is 92.6 Å². The Balaban J connectivity index is 1.62. The number of morpholine rings is 1. The van der Waals surface area contributed by atoms with Crippen molar-refractivity contribution in [2.75, 3.05) is 58.4 Å². The number of piperazine rings is 1. The van der Waals surface area contributed by atoms with Gasteiger partial charge >= 0.3 is 12.1 Å². The maximum Gasteiger partial charge on any atom is 0.410 e. The van der Waals surface area contributed by atoms with Crippen LogP contribution in [0.4, 0.5) is 15.0 Å². The standard InChI is InChI=1S/C34H43ClFIN6O4/c1-19-10-9-11-23(30(37)38-7)26(19)27-25(35)14-24-29(28(27)36)39-32(46-18-22-17-41(8)12-13-45-22)40-31(24)42-15-21(3)43(16-20(42)2)33(44)47-34(4,5)6/h9-11,14,20-22H,12-13,15-18H2,1-8H3/t20-,21+,22+/m0/s1. The van der Waals surface area contributed by atoms with Gasteiger partial charge in [0, 0.05) is 61.8 Å². The molecular formula is C34H43ClFIN6O4. The number of rotatable bonds is 6. The number of aromatic nitrogens is 2. The molecule has 2 saturated heterocycles.